The Balaban J connectivity index is 1.82. The monoisotopic (exact) mass is 244 g/mol. The van der Waals surface area contributed by atoms with E-state index in [9.17, 15) is 4.79 Å². The predicted octanol–water partition coefficient (Wildman–Crippen LogP) is 1.65. The van der Waals surface area contributed by atoms with Crippen LogP contribution in [0.4, 0.5) is 5.69 Å². The summed E-state index contributed by atoms with van der Waals surface area (Å²) in [5, 5.41) is 0. The van der Waals surface area contributed by atoms with Gasteiger partial charge in [-0.25, -0.2) is 0 Å². The molecule has 1 heterocycles. The van der Waals surface area contributed by atoms with Crippen LogP contribution in [-0.2, 0) is 17.9 Å². The summed E-state index contributed by atoms with van der Waals surface area (Å²) in [6, 6.07) is 13.0. The summed E-state index contributed by atoms with van der Waals surface area (Å²) in [6.07, 6.45) is 1.63. The molecule has 94 valence electrons. The fraction of sp³-hybridized carbons (Fsp3) is 0.214. The van der Waals surface area contributed by atoms with Crippen LogP contribution in [0.2, 0.25) is 0 Å². The normalized spacial score (nSPS) is 10.4. The number of anilines is 1. The third kappa shape index (κ3) is 3.46. The number of nitrogens with zero attached hydrogens (tertiary/aromatic N) is 1. The van der Waals surface area contributed by atoms with E-state index in [1.165, 1.54) is 6.07 Å². The number of pyridine rings is 1. The quantitative estimate of drug-likeness (QED) is 0.813. The maximum atomic E-state index is 11.5. The van der Waals surface area contributed by atoms with E-state index in [-0.39, 0.29) is 5.56 Å². The number of nitrogens with two attached hydrogens (primary N) is 1. The molecule has 0 atom stereocenters. The number of hydrogen-bond acceptors (Lipinski definition) is 3. The summed E-state index contributed by atoms with van der Waals surface area (Å²) in [4.78, 5) is 11.5. The molecule has 0 spiro atoms. The van der Waals surface area contributed by atoms with E-state index in [2.05, 4.69) is 0 Å². The van der Waals surface area contributed by atoms with Crippen LogP contribution in [0.3, 0.4) is 0 Å². The highest BCUT2D eigenvalue weighted by molar-refractivity contribution is 5.33. The second kappa shape index (κ2) is 6.02. The van der Waals surface area contributed by atoms with Crippen molar-refractivity contribution in [2.24, 2.45) is 0 Å². The first-order chi connectivity index (χ1) is 8.75. The summed E-state index contributed by atoms with van der Waals surface area (Å²) >= 11 is 0. The van der Waals surface area contributed by atoms with E-state index in [4.69, 9.17) is 10.5 Å². The van der Waals surface area contributed by atoms with Crippen molar-refractivity contribution in [3.8, 4) is 0 Å². The van der Waals surface area contributed by atoms with Crippen molar-refractivity contribution < 1.29 is 4.74 Å². The van der Waals surface area contributed by atoms with Crippen molar-refractivity contribution in [1.29, 1.82) is 0 Å². The standard InChI is InChI=1S/C14H16N2O2/c15-13-6-7-14(17)16(10-13)8-9-18-11-12-4-2-1-3-5-12/h1-7,10H,8-9,11,15H2. The maximum Gasteiger partial charge on any atom is 0.250 e. The molecule has 2 rings (SSSR count). The lowest BCUT2D eigenvalue weighted by Gasteiger charge is -2.07. The first-order valence-electron chi connectivity index (χ1n) is 5.83. The highest BCUT2D eigenvalue weighted by atomic mass is 16.5. The number of benzene rings is 1. The third-order valence-corrected chi connectivity index (χ3v) is 2.59. The highest BCUT2D eigenvalue weighted by Gasteiger charge is 1.97. The lowest BCUT2D eigenvalue weighted by atomic mass is 10.2. The summed E-state index contributed by atoms with van der Waals surface area (Å²) < 4.78 is 7.07. The lowest BCUT2D eigenvalue weighted by Crippen LogP contribution is -2.21. The zero-order valence-electron chi connectivity index (χ0n) is 10.1. The second-order valence-corrected chi connectivity index (χ2v) is 4.03. The molecule has 0 aliphatic heterocycles. The van der Waals surface area contributed by atoms with Crippen LogP contribution in [-0.4, -0.2) is 11.2 Å². The molecule has 1 aromatic heterocycles. The minimum absolute atomic E-state index is 0.0625. The molecule has 0 unspecified atom stereocenters. The predicted molar refractivity (Wildman–Crippen MR) is 71.2 cm³/mol. The fourth-order valence-corrected chi connectivity index (χ4v) is 1.65. The van der Waals surface area contributed by atoms with Gasteiger partial charge in [0, 0.05) is 24.5 Å². The van der Waals surface area contributed by atoms with Gasteiger partial charge in [-0.2, -0.15) is 0 Å². The van der Waals surface area contributed by atoms with Gasteiger partial charge in [-0.15, -0.1) is 0 Å². The van der Waals surface area contributed by atoms with Crippen LogP contribution in [0, 0.1) is 0 Å². The zero-order chi connectivity index (χ0) is 12.8. The third-order valence-electron chi connectivity index (χ3n) is 2.59. The van der Waals surface area contributed by atoms with Gasteiger partial charge < -0.3 is 15.0 Å². The first-order valence-corrected chi connectivity index (χ1v) is 5.83. The topological polar surface area (TPSA) is 57.2 Å². The summed E-state index contributed by atoms with van der Waals surface area (Å²) in [7, 11) is 0. The van der Waals surface area contributed by atoms with E-state index in [1.807, 2.05) is 30.3 Å². The van der Waals surface area contributed by atoms with E-state index in [1.54, 1.807) is 16.8 Å². The summed E-state index contributed by atoms with van der Waals surface area (Å²) in [5.41, 5.74) is 7.26. The Bertz CT molecular complexity index is 549. The Morgan fingerprint density at radius 3 is 2.67 bits per heavy atom. The van der Waals surface area contributed by atoms with E-state index in [0.717, 1.165) is 5.56 Å². The molecule has 0 saturated heterocycles. The van der Waals surface area contributed by atoms with Gasteiger partial charge in [0.05, 0.1) is 13.2 Å². The molecule has 0 aliphatic rings. The smallest absolute Gasteiger partial charge is 0.250 e. The van der Waals surface area contributed by atoms with Crippen molar-refractivity contribution in [1.82, 2.24) is 4.57 Å². The number of ether oxygens (including phenoxy) is 1. The van der Waals surface area contributed by atoms with E-state index in [0.29, 0.717) is 25.4 Å². The molecule has 0 bridgehead atoms. The van der Waals surface area contributed by atoms with Crippen LogP contribution in [0.5, 0.6) is 0 Å². The molecule has 4 nitrogen and oxygen atoms in total. The molecule has 0 aliphatic carbocycles. The zero-order valence-corrected chi connectivity index (χ0v) is 10.1. The average molecular weight is 244 g/mol. The van der Waals surface area contributed by atoms with Crippen LogP contribution < -0.4 is 11.3 Å². The van der Waals surface area contributed by atoms with Crippen molar-refractivity contribution in [3.63, 3.8) is 0 Å². The first kappa shape index (κ1) is 12.4. The van der Waals surface area contributed by atoms with Crippen molar-refractivity contribution in [2.45, 2.75) is 13.2 Å². The fourth-order valence-electron chi connectivity index (χ4n) is 1.65. The molecule has 1 aromatic carbocycles. The Hall–Kier alpha value is -2.07. The molecule has 2 N–H and O–H groups in total. The number of aromatic nitrogens is 1. The number of nitrogen functional groups attached to an aromatic ring is 1. The lowest BCUT2D eigenvalue weighted by molar-refractivity contribution is 0.112. The SMILES string of the molecule is Nc1ccc(=O)n(CCOCc2ccccc2)c1. The van der Waals surface area contributed by atoms with E-state index >= 15 is 0 Å². The molecular weight excluding hydrogens is 228 g/mol. The Morgan fingerprint density at radius 2 is 1.89 bits per heavy atom. The van der Waals surface area contributed by atoms with Crippen LogP contribution in [0.1, 0.15) is 5.56 Å². The van der Waals surface area contributed by atoms with Crippen LogP contribution >= 0.6 is 0 Å². The molecule has 4 heteroatoms. The molecule has 0 fully saturated rings. The maximum absolute atomic E-state index is 11.5. The minimum atomic E-state index is -0.0625. The van der Waals surface area contributed by atoms with Gasteiger partial charge in [-0.05, 0) is 11.6 Å². The largest absolute Gasteiger partial charge is 0.398 e. The Morgan fingerprint density at radius 1 is 1.11 bits per heavy atom. The van der Waals surface area contributed by atoms with Gasteiger partial charge in [-0.1, -0.05) is 30.3 Å². The van der Waals surface area contributed by atoms with Crippen molar-refractivity contribution in [2.75, 3.05) is 12.3 Å². The van der Waals surface area contributed by atoms with Crippen LogP contribution in [0.15, 0.2) is 53.5 Å². The molecule has 0 saturated carbocycles. The van der Waals surface area contributed by atoms with Gasteiger partial charge in [0.2, 0.25) is 0 Å². The number of rotatable bonds is 5. The van der Waals surface area contributed by atoms with Crippen molar-refractivity contribution >= 4 is 5.69 Å². The molecule has 18 heavy (non-hydrogen) atoms. The molecule has 2 aromatic rings. The van der Waals surface area contributed by atoms with Crippen molar-refractivity contribution in [3.05, 3.63) is 64.6 Å². The highest BCUT2D eigenvalue weighted by Crippen LogP contribution is 2.01. The Labute approximate surface area is 106 Å². The molecule has 0 amide bonds. The number of hydrogen-bond donors (Lipinski definition) is 1. The van der Waals surface area contributed by atoms with Gasteiger partial charge >= 0.3 is 0 Å². The molecular formula is C14H16N2O2. The Kier molecular flexibility index (Phi) is 4.15. The summed E-state index contributed by atoms with van der Waals surface area (Å²) in [5.74, 6) is 0. The van der Waals surface area contributed by atoms with Gasteiger partial charge in [0.25, 0.3) is 5.56 Å². The summed E-state index contributed by atoms with van der Waals surface area (Å²) in [6.45, 7) is 1.55. The average Bonchev–Trinajstić information content (AvgIpc) is 2.40. The van der Waals surface area contributed by atoms with Gasteiger partial charge in [0.15, 0.2) is 0 Å². The molecule has 0 radical (unpaired) electrons. The second-order valence-electron chi connectivity index (χ2n) is 4.03. The minimum Gasteiger partial charge on any atom is -0.398 e. The van der Waals surface area contributed by atoms with E-state index < -0.39 is 0 Å². The van der Waals surface area contributed by atoms with Gasteiger partial charge in [-0.3, -0.25) is 4.79 Å². The van der Waals surface area contributed by atoms with Crippen LogP contribution in [0.25, 0.3) is 0 Å². The van der Waals surface area contributed by atoms with Gasteiger partial charge in [0.1, 0.15) is 0 Å².